The topological polar surface area (TPSA) is 96.1 Å². The van der Waals surface area contributed by atoms with Crippen LogP contribution in [0.3, 0.4) is 0 Å². The Balaban J connectivity index is 1.93. The van der Waals surface area contributed by atoms with Gasteiger partial charge in [-0.3, -0.25) is 0 Å². The van der Waals surface area contributed by atoms with Gasteiger partial charge >= 0.3 is 0 Å². The number of aromatic nitrogens is 2. The molecule has 0 radical (unpaired) electrons. The molecule has 20 heavy (non-hydrogen) atoms. The smallest absolute Gasteiger partial charge is 0.229 e. The van der Waals surface area contributed by atoms with E-state index in [0.29, 0.717) is 17.5 Å². The van der Waals surface area contributed by atoms with Crippen LogP contribution in [-0.2, 0) is 12.8 Å². The maximum atomic E-state index is 9.77. The van der Waals surface area contributed by atoms with Gasteiger partial charge in [0.15, 0.2) is 0 Å². The summed E-state index contributed by atoms with van der Waals surface area (Å²) in [6.45, 7) is 1.78. The summed E-state index contributed by atoms with van der Waals surface area (Å²) in [4.78, 5) is 8.80. The highest BCUT2D eigenvalue weighted by molar-refractivity contribution is 5.63. The van der Waals surface area contributed by atoms with Crippen LogP contribution in [0.1, 0.15) is 11.3 Å². The van der Waals surface area contributed by atoms with Crippen molar-refractivity contribution in [3.63, 3.8) is 0 Å². The van der Waals surface area contributed by atoms with Crippen molar-refractivity contribution in [2.75, 3.05) is 24.1 Å². The Morgan fingerprint density at radius 1 is 1.15 bits per heavy atom. The normalized spacial score (nSPS) is 14.4. The van der Waals surface area contributed by atoms with E-state index in [1.54, 1.807) is 18.2 Å². The van der Waals surface area contributed by atoms with Crippen molar-refractivity contribution in [2.24, 2.45) is 0 Å². The SMILES string of the molecule is Nc1nc(Nc2ccccc2O)nc2c1CCNCC2. The van der Waals surface area contributed by atoms with E-state index in [1.807, 2.05) is 6.07 Å². The van der Waals surface area contributed by atoms with E-state index in [4.69, 9.17) is 5.73 Å². The Morgan fingerprint density at radius 2 is 1.95 bits per heavy atom. The van der Waals surface area contributed by atoms with Crippen LogP contribution in [-0.4, -0.2) is 28.2 Å². The third kappa shape index (κ3) is 2.50. The number of benzene rings is 1. The summed E-state index contributed by atoms with van der Waals surface area (Å²) >= 11 is 0. The average molecular weight is 271 g/mol. The number of para-hydroxylation sites is 2. The first-order valence-corrected chi connectivity index (χ1v) is 6.65. The lowest BCUT2D eigenvalue weighted by Crippen LogP contribution is -2.16. The Bertz CT molecular complexity index is 629. The lowest BCUT2D eigenvalue weighted by Gasteiger charge is -2.12. The number of phenols is 1. The van der Waals surface area contributed by atoms with E-state index >= 15 is 0 Å². The summed E-state index contributed by atoms with van der Waals surface area (Å²) < 4.78 is 0. The molecule has 0 saturated heterocycles. The number of aromatic hydroxyl groups is 1. The summed E-state index contributed by atoms with van der Waals surface area (Å²) in [5.74, 6) is 1.09. The van der Waals surface area contributed by atoms with Crippen molar-refractivity contribution in [1.82, 2.24) is 15.3 Å². The quantitative estimate of drug-likeness (QED) is 0.613. The number of phenolic OH excluding ortho intramolecular Hbond substituents is 1. The van der Waals surface area contributed by atoms with Crippen molar-refractivity contribution in [2.45, 2.75) is 12.8 Å². The molecule has 0 saturated carbocycles. The van der Waals surface area contributed by atoms with Crippen molar-refractivity contribution in [1.29, 1.82) is 0 Å². The molecule has 2 heterocycles. The number of rotatable bonds is 2. The monoisotopic (exact) mass is 271 g/mol. The van der Waals surface area contributed by atoms with Crippen LogP contribution in [0.5, 0.6) is 5.75 Å². The molecule has 0 amide bonds. The Hall–Kier alpha value is -2.34. The molecule has 1 aromatic carbocycles. The van der Waals surface area contributed by atoms with Gasteiger partial charge in [0.2, 0.25) is 5.95 Å². The first kappa shape index (κ1) is 12.7. The number of hydrogen-bond donors (Lipinski definition) is 4. The predicted molar refractivity (Wildman–Crippen MR) is 78.1 cm³/mol. The number of nitrogens with two attached hydrogens (primary N) is 1. The van der Waals surface area contributed by atoms with Crippen molar-refractivity contribution >= 4 is 17.5 Å². The van der Waals surface area contributed by atoms with Crippen LogP contribution < -0.4 is 16.4 Å². The zero-order valence-corrected chi connectivity index (χ0v) is 11.1. The maximum absolute atomic E-state index is 9.77. The van der Waals surface area contributed by atoms with E-state index in [1.165, 1.54) is 0 Å². The Morgan fingerprint density at radius 3 is 2.80 bits per heavy atom. The summed E-state index contributed by atoms with van der Waals surface area (Å²) in [5.41, 5.74) is 8.59. The van der Waals surface area contributed by atoms with E-state index in [-0.39, 0.29) is 5.75 Å². The fourth-order valence-electron chi connectivity index (χ4n) is 2.33. The zero-order chi connectivity index (χ0) is 13.9. The first-order chi connectivity index (χ1) is 9.74. The Labute approximate surface area is 117 Å². The molecule has 0 spiro atoms. The Kier molecular flexibility index (Phi) is 3.39. The van der Waals surface area contributed by atoms with E-state index < -0.39 is 0 Å². The van der Waals surface area contributed by atoms with Gasteiger partial charge in [0.1, 0.15) is 11.6 Å². The highest BCUT2D eigenvalue weighted by Crippen LogP contribution is 2.26. The molecular formula is C14H17N5O. The van der Waals surface area contributed by atoms with Crippen molar-refractivity contribution < 1.29 is 5.11 Å². The molecule has 2 aromatic rings. The second kappa shape index (κ2) is 5.34. The van der Waals surface area contributed by atoms with Crippen LogP contribution in [0.4, 0.5) is 17.5 Å². The van der Waals surface area contributed by atoms with E-state index in [9.17, 15) is 5.11 Å². The summed E-state index contributed by atoms with van der Waals surface area (Å²) in [7, 11) is 0. The van der Waals surface area contributed by atoms with Crippen LogP contribution in [0.15, 0.2) is 24.3 Å². The maximum Gasteiger partial charge on any atom is 0.229 e. The number of hydrogen-bond acceptors (Lipinski definition) is 6. The molecule has 104 valence electrons. The minimum absolute atomic E-state index is 0.159. The van der Waals surface area contributed by atoms with Gasteiger partial charge in [-0.2, -0.15) is 4.98 Å². The number of nitrogens with one attached hydrogen (secondary N) is 2. The second-order valence-corrected chi connectivity index (χ2v) is 4.75. The molecule has 0 unspecified atom stereocenters. The lowest BCUT2D eigenvalue weighted by molar-refractivity contribution is 0.477. The molecule has 6 heteroatoms. The number of fused-ring (bicyclic) bond motifs is 1. The van der Waals surface area contributed by atoms with Gasteiger partial charge in [0.05, 0.1) is 11.4 Å². The van der Waals surface area contributed by atoms with Crippen LogP contribution >= 0.6 is 0 Å². The van der Waals surface area contributed by atoms with Gasteiger partial charge in [0, 0.05) is 18.5 Å². The van der Waals surface area contributed by atoms with Gasteiger partial charge in [-0.15, -0.1) is 0 Å². The molecule has 1 aliphatic rings. The third-order valence-corrected chi connectivity index (χ3v) is 3.37. The molecular weight excluding hydrogens is 254 g/mol. The van der Waals surface area contributed by atoms with Gasteiger partial charge in [-0.25, -0.2) is 4.98 Å². The van der Waals surface area contributed by atoms with Crippen LogP contribution in [0, 0.1) is 0 Å². The molecule has 0 bridgehead atoms. The van der Waals surface area contributed by atoms with Gasteiger partial charge in [-0.1, -0.05) is 12.1 Å². The number of nitrogen functional groups attached to an aromatic ring is 1. The fourth-order valence-corrected chi connectivity index (χ4v) is 2.33. The van der Waals surface area contributed by atoms with Gasteiger partial charge < -0.3 is 21.5 Å². The molecule has 0 atom stereocenters. The molecule has 3 rings (SSSR count). The highest BCUT2D eigenvalue weighted by atomic mass is 16.3. The molecule has 1 aromatic heterocycles. The van der Waals surface area contributed by atoms with Crippen LogP contribution in [0.25, 0.3) is 0 Å². The third-order valence-electron chi connectivity index (χ3n) is 3.37. The number of nitrogens with zero attached hydrogens (tertiary/aromatic N) is 2. The zero-order valence-electron chi connectivity index (χ0n) is 11.1. The second-order valence-electron chi connectivity index (χ2n) is 4.75. The van der Waals surface area contributed by atoms with E-state index in [0.717, 1.165) is 37.2 Å². The molecule has 6 nitrogen and oxygen atoms in total. The summed E-state index contributed by atoms with van der Waals surface area (Å²) in [6.07, 6.45) is 1.68. The molecule has 1 aliphatic heterocycles. The van der Waals surface area contributed by atoms with Crippen LogP contribution in [0.2, 0.25) is 0 Å². The summed E-state index contributed by atoms with van der Waals surface area (Å²) in [5, 5.41) is 16.1. The highest BCUT2D eigenvalue weighted by Gasteiger charge is 2.15. The molecule has 5 N–H and O–H groups in total. The fraction of sp³-hybridized carbons (Fsp3) is 0.286. The largest absolute Gasteiger partial charge is 0.506 e. The minimum Gasteiger partial charge on any atom is -0.506 e. The molecule has 0 fully saturated rings. The first-order valence-electron chi connectivity index (χ1n) is 6.65. The van der Waals surface area contributed by atoms with Gasteiger partial charge in [-0.05, 0) is 25.1 Å². The van der Waals surface area contributed by atoms with Gasteiger partial charge in [0.25, 0.3) is 0 Å². The predicted octanol–water partition coefficient (Wildman–Crippen LogP) is 1.20. The van der Waals surface area contributed by atoms with E-state index in [2.05, 4.69) is 20.6 Å². The standard InChI is InChI=1S/C14H17N5O/c15-13-9-5-7-16-8-6-10(9)17-14(19-13)18-11-3-1-2-4-12(11)20/h1-4,16,20H,5-8H2,(H3,15,17,18,19). The summed E-state index contributed by atoms with van der Waals surface area (Å²) in [6, 6.07) is 6.97. The van der Waals surface area contributed by atoms with Crippen molar-refractivity contribution in [3.05, 3.63) is 35.5 Å². The molecule has 0 aliphatic carbocycles. The lowest BCUT2D eigenvalue weighted by atomic mass is 10.1. The average Bonchev–Trinajstić information content (AvgIpc) is 2.67. The van der Waals surface area contributed by atoms with Crippen molar-refractivity contribution in [3.8, 4) is 5.75 Å². The minimum atomic E-state index is 0.159. The number of anilines is 3.